The van der Waals surface area contributed by atoms with E-state index >= 15 is 0 Å². The molecular formula is C8H12BrN3O. The van der Waals surface area contributed by atoms with E-state index in [2.05, 4.69) is 26.2 Å². The van der Waals surface area contributed by atoms with Crippen molar-refractivity contribution in [1.29, 1.82) is 0 Å². The topological polar surface area (TPSA) is 60.2 Å². The van der Waals surface area contributed by atoms with Gasteiger partial charge in [0.15, 0.2) is 0 Å². The fourth-order valence-electron chi connectivity index (χ4n) is 0.881. The highest BCUT2D eigenvalue weighted by Gasteiger charge is 1.99. The minimum Gasteiger partial charge on any atom is -0.396 e. The van der Waals surface area contributed by atoms with Gasteiger partial charge in [-0.1, -0.05) is 0 Å². The van der Waals surface area contributed by atoms with Crippen molar-refractivity contribution in [2.75, 3.05) is 31.3 Å². The predicted molar refractivity (Wildman–Crippen MR) is 56.7 cm³/mol. The molecule has 1 heterocycles. The Bertz CT molecular complexity index is 280. The standard InChI is InChI=1S/C8H12BrN3O/c1-13-3-2-11-7-4-8(9)12-5-6(7)10/h4-5H,2-3,10H2,1H3,(H,11,12). The number of hydrogen-bond acceptors (Lipinski definition) is 4. The van der Waals surface area contributed by atoms with Crippen LogP contribution in [0.3, 0.4) is 0 Å². The van der Waals surface area contributed by atoms with Crippen LogP contribution in [0.1, 0.15) is 0 Å². The summed E-state index contributed by atoms with van der Waals surface area (Å²) >= 11 is 3.27. The van der Waals surface area contributed by atoms with Crippen molar-refractivity contribution in [1.82, 2.24) is 4.98 Å². The number of nitrogens with zero attached hydrogens (tertiary/aromatic N) is 1. The zero-order valence-corrected chi connectivity index (χ0v) is 8.97. The Balaban J connectivity index is 2.59. The van der Waals surface area contributed by atoms with Crippen LogP contribution in [0.2, 0.25) is 0 Å². The quantitative estimate of drug-likeness (QED) is 0.624. The first-order valence-corrected chi connectivity index (χ1v) is 4.67. The Morgan fingerprint density at radius 1 is 1.69 bits per heavy atom. The molecule has 0 aliphatic heterocycles. The van der Waals surface area contributed by atoms with Gasteiger partial charge in [0.2, 0.25) is 0 Å². The molecular weight excluding hydrogens is 234 g/mol. The third-order valence-electron chi connectivity index (χ3n) is 1.52. The van der Waals surface area contributed by atoms with E-state index in [0.717, 1.165) is 16.8 Å². The molecule has 0 aliphatic rings. The van der Waals surface area contributed by atoms with Gasteiger partial charge in [0, 0.05) is 13.7 Å². The van der Waals surface area contributed by atoms with E-state index in [1.165, 1.54) is 0 Å². The van der Waals surface area contributed by atoms with Gasteiger partial charge in [0.05, 0.1) is 24.2 Å². The van der Waals surface area contributed by atoms with E-state index in [1.54, 1.807) is 13.3 Å². The SMILES string of the molecule is COCCNc1cc(Br)ncc1N. The molecule has 13 heavy (non-hydrogen) atoms. The van der Waals surface area contributed by atoms with Gasteiger partial charge in [-0.3, -0.25) is 0 Å². The van der Waals surface area contributed by atoms with Crippen molar-refractivity contribution >= 4 is 27.3 Å². The van der Waals surface area contributed by atoms with Gasteiger partial charge in [0.1, 0.15) is 4.60 Å². The van der Waals surface area contributed by atoms with Gasteiger partial charge in [-0.2, -0.15) is 0 Å². The molecule has 5 heteroatoms. The summed E-state index contributed by atoms with van der Waals surface area (Å²) < 4.78 is 5.67. The van der Waals surface area contributed by atoms with E-state index in [9.17, 15) is 0 Å². The van der Waals surface area contributed by atoms with E-state index in [0.29, 0.717) is 12.3 Å². The molecule has 0 radical (unpaired) electrons. The molecule has 0 unspecified atom stereocenters. The van der Waals surface area contributed by atoms with Crippen molar-refractivity contribution in [2.45, 2.75) is 0 Å². The Morgan fingerprint density at radius 3 is 3.15 bits per heavy atom. The number of nitrogen functional groups attached to an aromatic ring is 1. The highest BCUT2D eigenvalue weighted by molar-refractivity contribution is 9.10. The number of anilines is 2. The Hall–Kier alpha value is -0.810. The molecule has 0 bridgehead atoms. The molecule has 3 N–H and O–H groups in total. The van der Waals surface area contributed by atoms with Crippen LogP contribution in [0.15, 0.2) is 16.9 Å². The van der Waals surface area contributed by atoms with E-state index in [4.69, 9.17) is 10.5 Å². The zero-order valence-electron chi connectivity index (χ0n) is 7.38. The summed E-state index contributed by atoms with van der Waals surface area (Å²) in [6, 6.07) is 1.84. The van der Waals surface area contributed by atoms with Crippen LogP contribution in [0.5, 0.6) is 0 Å². The first-order chi connectivity index (χ1) is 6.24. The van der Waals surface area contributed by atoms with Crippen molar-refractivity contribution in [3.05, 3.63) is 16.9 Å². The molecule has 72 valence electrons. The Kier molecular flexibility index (Phi) is 3.98. The average Bonchev–Trinajstić information content (AvgIpc) is 2.11. The molecule has 0 spiro atoms. The maximum atomic E-state index is 5.69. The van der Waals surface area contributed by atoms with Crippen molar-refractivity contribution in [2.24, 2.45) is 0 Å². The summed E-state index contributed by atoms with van der Waals surface area (Å²) in [5.74, 6) is 0. The van der Waals surface area contributed by atoms with Crippen LogP contribution in [0.4, 0.5) is 11.4 Å². The number of nitrogens with one attached hydrogen (secondary N) is 1. The molecule has 0 saturated carbocycles. The summed E-state index contributed by atoms with van der Waals surface area (Å²) in [7, 11) is 1.66. The number of nitrogens with two attached hydrogens (primary N) is 1. The lowest BCUT2D eigenvalue weighted by molar-refractivity contribution is 0.211. The molecule has 0 aromatic carbocycles. The fraction of sp³-hybridized carbons (Fsp3) is 0.375. The lowest BCUT2D eigenvalue weighted by Gasteiger charge is -2.08. The van der Waals surface area contributed by atoms with Crippen LogP contribution < -0.4 is 11.1 Å². The number of pyridine rings is 1. The second-order valence-corrected chi connectivity index (χ2v) is 3.33. The van der Waals surface area contributed by atoms with Crippen molar-refractivity contribution < 1.29 is 4.74 Å². The summed E-state index contributed by atoms with van der Waals surface area (Å²) in [4.78, 5) is 3.99. The number of ether oxygens (including phenoxy) is 1. The van der Waals surface area contributed by atoms with Gasteiger partial charge in [-0.15, -0.1) is 0 Å². The lowest BCUT2D eigenvalue weighted by atomic mass is 10.3. The molecule has 0 amide bonds. The molecule has 0 saturated heterocycles. The van der Waals surface area contributed by atoms with Gasteiger partial charge >= 0.3 is 0 Å². The van der Waals surface area contributed by atoms with Crippen molar-refractivity contribution in [3.63, 3.8) is 0 Å². The third kappa shape index (κ3) is 3.20. The first-order valence-electron chi connectivity index (χ1n) is 3.88. The molecule has 0 atom stereocenters. The summed E-state index contributed by atoms with van der Waals surface area (Å²) in [5, 5.41) is 3.13. The second-order valence-electron chi connectivity index (χ2n) is 2.51. The van der Waals surface area contributed by atoms with E-state index < -0.39 is 0 Å². The molecule has 4 nitrogen and oxygen atoms in total. The summed E-state index contributed by atoms with van der Waals surface area (Å²) in [6.07, 6.45) is 1.61. The van der Waals surface area contributed by atoms with Crippen LogP contribution in [0, 0.1) is 0 Å². The minimum atomic E-state index is 0.638. The maximum Gasteiger partial charge on any atom is 0.108 e. The number of rotatable bonds is 4. The average molecular weight is 246 g/mol. The largest absolute Gasteiger partial charge is 0.396 e. The highest BCUT2D eigenvalue weighted by atomic mass is 79.9. The normalized spacial score (nSPS) is 10.0. The second kappa shape index (κ2) is 5.04. The lowest BCUT2D eigenvalue weighted by Crippen LogP contribution is -2.09. The molecule has 0 aliphatic carbocycles. The fourth-order valence-corrected chi connectivity index (χ4v) is 1.21. The van der Waals surface area contributed by atoms with Crippen LogP contribution in [-0.2, 0) is 4.74 Å². The monoisotopic (exact) mass is 245 g/mol. The highest BCUT2D eigenvalue weighted by Crippen LogP contribution is 2.20. The number of hydrogen-bond donors (Lipinski definition) is 2. The third-order valence-corrected chi connectivity index (χ3v) is 1.96. The molecule has 1 rings (SSSR count). The van der Waals surface area contributed by atoms with Gasteiger partial charge in [0.25, 0.3) is 0 Å². The van der Waals surface area contributed by atoms with Gasteiger partial charge in [-0.05, 0) is 22.0 Å². The minimum absolute atomic E-state index is 0.638. The molecule has 1 aromatic heterocycles. The predicted octanol–water partition coefficient (Wildman–Crippen LogP) is 1.48. The number of halogens is 1. The Labute approximate surface area is 85.6 Å². The summed E-state index contributed by atoms with van der Waals surface area (Å²) in [6.45, 7) is 1.39. The molecule has 0 fully saturated rings. The summed E-state index contributed by atoms with van der Waals surface area (Å²) in [5.41, 5.74) is 7.20. The number of methoxy groups -OCH3 is 1. The maximum absolute atomic E-state index is 5.69. The van der Waals surface area contributed by atoms with E-state index in [1.807, 2.05) is 6.07 Å². The Morgan fingerprint density at radius 2 is 2.46 bits per heavy atom. The van der Waals surface area contributed by atoms with Gasteiger partial charge in [-0.25, -0.2) is 4.98 Å². The van der Waals surface area contributed by atoms with Crippen LogP contribution in [0.25, 0.3) is 0 Å². The smallest absolute Gasteiger partial charge is 0.108 e. The molecule has 1 aromatic rings. The van der Waals surface area contributed by atoms with Gasteiger partial charge < -0.3 is 15.8 Å². The van der Waals surface area contributed by atoms with E-state index in [-0.39, 0.29) is 0 Å². The van der Waals surface area contributed by atoms with Crippen molar-refractivity contribution in [3.8, 4) is 0 Å². The first kappa shape index (κ1) is 10.3. The van der Waals surface area contributed by atoms with Crippen LogP contribution in [-0.4, -0.2) is 25.2 Å². The number of aromatic nitrogens is 1. The zero-order chi connectivity index (χ0) is 9.68. The van der Waals surface area contributed by atoms with Crippen LogP contribution >= 0.6 is 15.9 Å².